The van der Waals surface area contributed by atoms with E-state index in [0.29, 0.717) is 41.1 Å². The molecule has 0 unspecified atom stereocenters. The number of nitrogens with zero attached hydrogens (tertiary/aromatic N) is 2. The van der Waals surface area contributed by atoms with Crippen molar-refractivity contribution in [1.82, 2.24) is 9.21 Å². The van der Waals surface area contributed by atoms with E-state index in [2.05, 4.69) is 0 Å². The monoisotopic (exact) mass is 416 g/mol. The first-order valence-corrected chi connectivity index (χ1v) is 10.8. The third-order valence-electron chi connectivity index (χ3n) is 4.95. The van der Waals surface area contributed by atoms with Crippen molar-refractivity contribution in [3.63, 3.8) is 0 Å². The molecule has 3 rings (SSSR count). The predicted octanol–water partition coefficient (Wildman–Crippen LogP) is 2.03. The molecule has 154 valence electrons. The van der Waals surface area contributed by atoms with Crippen LogP contribution in [0.5, 0.6) is 5.75 Å². The summed E-state index contributed by atoms with van der Waals surface area (Å²) in [4.78, 5) is 25.4. The molecule has 0 spiro atoms. The topological polar surface area (TPSA) is 84.0 Å². The molecule has 1 saturated heterocycles. The van der Waals surface area contributed by atoms with Crippen LogP contribution < -0.4 is 4.74 Å². The Morgan fingerprint density at radius 1 is 1.07 bits per heavy atom. The lowest BCUT2D eigenvalue weighted by Crippen LogP contribution is -2.51. The summed E-state index contributed by atoms with van der Waals surface area (Å²) in [5.41, 5.74) is 1.97. The van der Waals surface area contributed by atoms with E-state index in [9.17, 15) is 18.0 Å². The van der Waals surface area contributed by atoms with Crippen LogP contribution in [0.2, 0.25) is 0 Å². The highest BCUT2D eigenvalue weighted by Crippen LogP contribution is 2.22. The van der Waals surface area contributed by atoms with E-state index < -0.39 is 10.0 Å². The Balaban J connectivity index is 1.60. The molecule has 2 aromatic rings. The molecule has 1 fully saturated rings. The van der Waals surface area contributed by atoms with E-state index in [4.69, 9.17) is 4.74 Å². The molecular formula is C21H24N2O5S. The molecule has 29 heavy (non-hydrogen) atoms. The van der Waals surface area contributed by atoms with Gasteiger partial charge in [-0.3, -0.25) is 9.59 Å². The van der Waals surface area contributed by atoms with Gasteiger partial charge in [0.1, 0.15) is 5.75 Å². The molecule has 0 saturated carbocycles. The molecule has 1 aliphatic heterocycles. The first kappa shape index (κ1) is 21.0. The van der Waals surface area contributed by atoms with Crippen molar-refractivity contribution in [3.8, 4) is 5.75 Å². The molecule has 2 aromatic carbocycles. The lowest BCUT2D eigenvalue weighted by molar-refractivity contribution is -0.134. The average molecular weight is 416 g/mol. The zero-order chi connectivity index (χ0) is 21.0. The summed E-state index contributed by atoms with van der Waals surface area (Å²) in [5, 5.41) is 0. The number of rotatable bonds is 6. The number of amides is 1. The van der Waals surface area contributed by atoms with Crippen LogP contribution in [0, 0.1) is 13.8 Å². The number of piperazine rings is 1. The van der Waals surface area contributed by atoms with Crippen LogP contribution in [-0.4, -0.2) is 62.6 Å². The van der Waals surface area contributed by atoms with Gasteiger partial charge in [0.25, 0.3) is 5.91 Å². The van der Waals surface area contributed by atoms with Crippen molar-refractivity contribution >= 4 is 22.2 Å². The maximum absolute atomic E-state index is 13.0. The van der Waals surface area contributed by atoms with Crippen molar-refractivity contribution in [1.29, 1.82) is 0 Å². The fourth-order valence-corrected chi connectivity index (χ4v) is 4.97. The molecule has 0 atom stereocenters. The number of hydrogen-bond acceptors (Lipinski definition) is 5. The first-order valence-electron chi connectivity index (χ1n) is 9.35. The second kappa shape index (κ2) is 8.75. The maximum atomic E-state index is 13.0. The third-order valence-corrected chi connectivity index (χ3v) is 6.99. The number of hydrogen-bond donors (Lipinski definition) is 0. The number of ether oxygens (including phenoxy) is 1. The van der Waals surface area contributed by atoms with Gasteiger partial charge >= 0.3 is 0 Å². The van der Waals surface area contributed by atoms with Crippen LogP contribution in [-0.2, 0) is 14.8 Å². The number of para-hydroxylation sites is 1. The number of aryl methyl sites for hydroxylation is 2. The highest BCUT2D eigenvalue weighted by atomic mass is 32.2. The molecule has 0 N–H and O–H groups in total. The Labute approximate surface area is 170 Å². The van der Waals surface area contributed by atoms with E-state index in [1.54, 1.807) is 48.2 Å². The Hall–Kier alpha value is -2.71. The molecule has 1 aliphatic rings. The second-order valence-corrected chi connectivity index (χ2v) is 8.90. The SMILES string of the molecule is Cc1ccc(C)c(S(=O)(=O)N2CCN(C(=O)COc3ccccc3C=O)CC2)c1. The van der Waals surface area contributed by atoms with Crippen LogP contribution in [0.25, 0.3) is 0 Å². The summed E-state index contributed by atoms with van der Waals surface area (Å²) in [6.45, 7) is 4.48. The zero-order valence-electron chi connectivity index (χ0n) is 16.5. The molecular weight excluding hydrogens is 392 g/mol. The average Bonchev–Trinajstić information content (AvgIpc) is 2.73. The predicted molar refractivity (Wildman–Crippen MR) is 109 cm³/mol. The van der Waals surface area contributed by atoms with Crippen LogP contribution in [0.15, 0.2) is 47.4 Å². The minimum Gasteiger partial charge on any atom is -0.483 e. The van der Waals surface area contributed by atoms with Crippen LogP contribution in [0.4, 0.5) is 0 Å². The molecule has 1 heterocycles. The van der Waals surface area contributed by atoms with Crippen molar-refractivity contribution < 1.29 is 22.7 Å². The van der Waals surface area contributed by atoms with E-state index in [1.807, 2.05) is 13.0 Å². The van der Waals surface area contributed by atoms with Gasteiger partial charge in [0, 0.05) is 26.2 Å². The normalized spacial score (nSPS) is 15.2. The molecule has 1 amide bonds. The summed E-state index contributed by atoms with van der Waals surface area (Å²) >= 11 is 0. The van der Waals surface area contributed by atoms with E-state index >= 15 is 0 Å². The smallest absolute Gasteiger partial charge is 0.260 e. The molecule has 0 bridgehead atoms. The minimum absolute atomic E-state index is 0.200. The van der Waals surface area contributed by atoms with Gasteiger partial charge in [-0.2, -0.15) is 4.31 Å². The molecule has 8 heteroatoms. The van der Waals surface area contributed by atoms with E-state index in [1.165, 1.54) is 4.31 Å². The molecule has 0 radical (unpaired) electrons. The first-order chi connectivity index (χ1) is 13.8. The van der Waals surface area contributed by atoms with E-state index in [-0.39, 0.29) is 25.6 Å². The fraction of sp³-hybridized carbons (Fsp3) is 0.333. The van der Waals surface area contributed by atoms with Gasteiger partial charge in [0.15, 0.2) is 12.9 Å². The minimum atomic E-state index is -3.60. The maximum Gasteiger partial charge on any atom is 0.260 e. The van der Waals surface area contributed by atoms with Gasteiger partial charge in [0.05, 0.1) is 10.5 Å². The van der Waals surface area contributed by atoms with Gasteiger partial charge in [-0.25, -0.2) is 8.42 Å². The molecule has 7 nitrogen and oxygen atoms in total. The van der Waals surface area contributed by atoms with Crippen LogP contribution in [0.3, 0.4) is 0 Å². The van der Waals surface area contributed by atoms with Gasteiger partial charge in [-0.05, 0) is 43.2 Å². The third kappa shape index (κ3) is 4.65. The van der Waals surface area contributed by atoms with E-state index in [0.717, 1.165) is 5.56 Å². The summed E-state index contributed by atoms with van der Waals surface area (Å²) < 4.78 is 32.9. The molecule has 0 aliphatic carbocycles. The van der Waals surface area contributed by atoms with Crippen LogP contribution in [0.1, 0.15) is 21.5 Å². The van der Waals surface area contributed by atoms with Gasteiger partial charge in [0.2, 0.25) is 10.0 Å². The summed E-state index contributed by atoms with van der Waals surface area (Å²) in [6.07, 6.45) is 0.677. The highest BCUT2D eigenvalue weighted by Gasteiger charge is 2.31. The van der Waals surface area contributed by atoms with Crippen molar-refractivity contribution in [2.45, 2.75) is 18.7 Å². The van der Waals surface area contributed by atoms with Crippen molar-refractivity contribution in [3.05, 3.63) is 59.2 Å². The van der Waals surface area contributed by atoms with Gasteiger partial charge < -0.3 is 9.64 Å². The summed E-state index contributed by atoms with van der Waals surface area (Å²) in [5.74, 6) is 0.112. The summed E-state index contributed by atoms with van der Waals surface area (Å²) in [7, 11) is -3.60. The van der Waals surface area contributed by atoms with Gasteiger partial charge in [-0.1, -0.05) is 24.3 Å². The fourth-order valence-electron chi connectivity index (χ4n) is 3.24. The lowest BCUT2D eigenvalue weighted by Gasteiger charge is -2.34. The number of aldehydes is 1. The Morgan fingerprint density at radius 3 is 2.45 bits per heavy atom. The Kier molecular flexibility index (Phi) is 6.34. The standard InChI is InChI=1S/C21H24N2O5S/c1-16-7-8-17(2)20(13-16)29(26,27)23-11-9-22(10-12-23)21(25)15-28-19-6-4-3-5-18(19)14-24/h3-8,13-14H,9-12,15H2,1-2H3. The molecule has 0 aromatic heterocycles. The Bertz CT molecular complexity index is 1010. The summed E-state index contributed by atoms with van der Waals surface area (Å²) in [6, 6.07) is 12.1. The second-order valence-electron chi connectivity index (χ2n) is 7.00. The Morgan fingerprint density at radius 2 is 1.76 bits per heavy atom. The number of benzene rings is 2. The zero-order valence-corrected chi connectivity index (χ0v) is 17.3. The quantitative estimate of drug-likeness (QED) is 0.673. The highest BCUT2D eigenvalue weighted by molar-refractivity contribution is 7.89. The largest absolute Gasteiger partial charge is 0.483 e. The lowest BCUT2D eigenvalue weighted by atomic mass is 10.2. The van der Waals surface area contributed by atoms with Crippen molar-refractivity contribution in [2.24, 2.45) is 0 Å². The number of sulfonamides is 1. The number of carbonyl (C=O) groups excluding carboxylic acids is 2. The van der Waals surface area contributed by atoms with Crippen LogP contribution >= 0.6 is 0 Å². The number of carbonyl (C=O) groups is 2. The van der Waals surface area contributed by atoms with Crippen molar-refractivity contribution in [2.75, 3.05) is 32.8 Å². The van der Waals surface area contributed by atoms with Gasteiger partial charge in [-0.15, -0.1) is 0 Å².